The van der Waals surface area contributed by atoms with Gasteiger partial charge < -0.3 is 5.11 Å². The maximum absolute atomic E-state index is 12.2. The molecule has 2 heterocycles. The summed E-state index contributed by atoms with van der Waals surface area (Å²) in [6.07, 6.45) is 1.57. The molecule has 0 unspecified atom stereocenters. The first-order valence-electron chi connectivity index (χ1n) is 23.4. The van der Waals surface area contributed by atoms with Crippen LogP contribution in [0.3, 0.4) is 0 Å². The second-order valence-corrected chi connectivity index (χ2v) is 16.2. The van der Waals surface area contributed by atoms with Crippen LogP contribution in [0, 0.1) is 12.9 Å². The fourth-order valence-corrected chi connectivity index (χ4v) is 7.36. The minimum Gasteiger partial charge on any atom is -0.507 e. The largest absolute Gasteiger partial charge is 0.507 e. The van der Waals surface area contributed by atoms with Gasteiger partial charge in [0.2, 0.25) is 0 Å². The number of aromatic hydroxyl groups is 1. The fraction of sp³-hybridized carbons (Fsp3) is 0.208. The van der Waals surface area contributed by atoms with Crippen molar-refractivity contribution in [1.29, 1.82) is 0 Å². The number of pyridine rings is 1. The molecule has 58 heavy (non-hydrogen) atoms. The first-order valence-corrected chi connectivity index (χ1v) is 19.4. The van der Waals surface area contributed by atoms with Crippen LogP contribution in [0.4, 0.5) is 0 Å². The van der Waals surface area contributed by atoms with Crippen LogP contribution in [-0.4, -0.2) is 19.6 Å². The Balaban J connectivity index is 0.00000648. The quantitative estimate of drug-likeness (QED) is 0.154. The zero-order valence-corrected chi connectivity index (χ0v) is 35.9. The van der Waals surface area contributed by atoms with E-state index in [2.05, 4.69) is 66.7 Å². The predicted molar refractivity (Wildman–Crippen MR) is 238 cm³/mol. The van der Waals surface area contributed by atoms with E-state index in [4.69, 9.17) is 20.9 Å². The van der Waals surface area contributed by atoms with Crippen molar-refractivity contribution in [2.75, 3.05) is 0 Å². The van der Waals surface area contributed by atoms with Gasteiger partial charge in [0.1, 0.15) is 11.6 Å². The van der Waals surface area contributed by atoms with Crippen LogP contribution >= 0.6 is 0 Å². The number of hydrogen-bond donors (Lipinski definition) is 1. The van der Waals surface area contributed by atoms with Gasteiger partial charge in [-0.2, -0.15) is 0 Å². The number of phenols is 1. The van der Waals surface area contributed by atoms with Crippen molar-refractivity contribution in [3.63, 3.8) is 0 Å². The van der Waals surface area contributed by atoms with Crippen LogP contribution in [-0.2, 0) is 26.5 Å². The van der Waals surface area contributed by atoms with Crippen molar-refractivity contribution >= 4 is 11.0 Å². The monoisotopic (exact) mass is 947 g/mol. The summed E-state index contributed by atoms with van der Waals surface area (Å²) in [5, 5.41) is 12.2. The first kappa shape index (κ1) is 31.4. The number of nitrogens with zero attached hydrogens (tertiary/aromatic N) is 3. The molecule has 0 aliphatic carbocycles. The van der Waals surface area contributed by atoms with Crippen molar-refractivity contribution in [3.8, 4) is 67.5 Å². The maximum atomic E-state index is 12.2. The van der Waals surface area contributed by atoms with Crippen LogP contribution in [0.2, 0.25) is 0 Å². The average Bonchev–Trinajstić information content (AvgIpc) is 3.66. The van der Waals surface area contributed by atoms with Gasteiger partial charge in [-0.05, 0) is 82.3 Å². The molecule has 0 bridgehead atoms. The third-order valence-corrected chi connectivity index (χ3v) is 10.5. The number of aryl methyl sites for hydroxylation is 1. The third kappa shape index (κ3) is 7.83. The third-order valence-electron chi connectivity index (χ3n) is 10.5. The van der Waals surface area contributed by atoms with E-state index in [0.29, 0.717) is 56.1 Å². The number of hydrogen-bond acceptors (Lipinski definition) is 3. The van der Waals surface area contributed by atoms with Gasteiger partial charge in [0.25, 0.3) is 0 Å². The summed E-state index contributed by atoms with van der Waals surface area (Å²) in [6, 6.07) is 34.1. The van der Waals surface area contributed by atoms with Gasteiger partial charge in [-0.1, -0.05) is 156 Å². The second kappa shape index (κ2) is 16.4. The number of benzene rings is 6. The molecular weight excluding hydrogens is 890 g/mol. The van der Waals surface area contributed by atoms with Crippen LogP contribution in [0.15, 0.2) is 140 Å². The smallest absolute Gasteiger partial charge is 0.148 e. The molecule has 0 spiro atoms. The molecule has 4 nitrogen and oxygen atoms in total. The number of phenolic OH excluding ortho intramolecular Hbond substituents is 1. The summed E-state index contributed by atoms with van der Waals surface area (Å²) in [5.41, 5.74) is 9.83. The average molecular weight is 948 g/mol. The van der Waals surface area contributed by atoms with E-state index >= 15 is 0 Å². The zero-order chi connectivity index (χ0) is 46.9. The van der Waals surface area contributed by atoms with Crippen molar-refractivity contribution in [1.82, 2.24) is 14.5 Å². The standard InChI is InChI=1S/C53H50N3O.Pt/c1-33(2)39-30-44(34(3)4)51(57)46(31-39)52-55-50-43(20-15-21-49(50)56(52)48-23-22-35(5)26-45(48)37-18-13-10-14-19-37)40-27-41(29-42(28-40)53(6,7)8)47-32-38(24-25-54-47)36-16-11-9-12-17-36;/h9-26,28-34,57H,1-8H3;/q-1;/i5D3,9D,11D,12D,16D,17D;. The summed E-state index contributed by atoms with van der Waals surface area (Å²) < 4.78 is 69.1. The number of para-hydroxylation sites is 1. The zero-order valence-electron chi connectivity index (χ0n) is 41.7. The van der Waals surface area contributed by atoms with Crippen molar-refractivity contribution in [2.24, 2.45) is 0 Å². The molecule has 294 valence electrons. The number of fused-ring (bicyclic) bond motifs is 1. The van der Waals surface area contributed by atoms with Gasteiger partial charge in [-0.25, -0.2) is 4.98 Å². The van der Waals surface area contributed by atoms with Crippen molar-refractivity contribution < 1.29 is 37.1 Å². The van der Waals surface area contributed by atoms with Gasteiger partial charge in [-0.15, -0.1) is 29.3 Å². The topological polar surface area (TPSA) is 50.9 Å². The van der Waals surface area contributed by atoms with E-state index in [1.807, 2.05) is 71.3 Å². The minimum atomic E-state index is -2.36. The molecule has 0 saturated heterocycles. The van der Waals surface area contributed by atoms with E-state index in [1.54, 1.807) is 30.5 Å². The van der Waals surface area contributed by atoms with Crippen LogP contribution in [0.1, 0.15) is 93.5 Å². The molecule has 0 amide bonds. The number of rotatable bonds is 8. The molecule has 0 atom stereocenters. The van der Waals surface area contributed by atoms with E-state index in [9.17, 15) is 5.11 Å². The summed E-state index contributed by atoms with van der Waals surface area (Å²) in [6.45, 7) is 12.3. The molecule has 6 aromatic carbocycles. The normalized spacial score (nSPS) is 13.9. The molecular formula is C53H50N3OPt-. The Kier molecular flexibility index (Phi) is 8.86. The van der Waals surface area contributed by atoms with E-state index in [0.717, 1.165) is 27.8 Å². The van der Waals surface area contributed by atoms with E-state index in [-0.39, 0.29) is 67.3 Å². The molecule has 0 aliphatic heterocycles. The molecule has 1 N–H and O–H groups in total. The molecule has 8 aromatic rings. The Hall–Kier alpha value is -5.57. The van der Waals surface area contributed by atoms with Crippen LogP contribution in [0.25, 0.3) is 72.7 Å². The fourth-order valence-electron chi connectivity index (χ4n) is 7.36. The first-order chi connectivity index (χ1) is 30.6. The predicted octanol–water partition coefficient (Wildman–Crippen LogP) is 14.1. The van der Waals surface area contributed by atoms with E-state index in [1.165, 1.54) is 0 Å². The van der Waals surface area contributed by atoms with Crippen molar-refractivity contribution in [3.05, 3.63) is 168 Å². The van der Waals surface area contributed by atoms with Crippen molar-refractivity contribution in [2.45, 2.75) is 72.6 Å². The number of aromatic nitrogens is 3. The Labute approximate surface area is 369 Å². The molecule has 0 radical (unpaired) electrons. The maximum Gasteiger partial charge on any atom is 0.148 e. The van der Waals surface area contributed by atoms with Gasteiger partial charge in [-0.3, -0.25) is 9.55 Å². The Morgan fingerprint density at radius 3 is 2.19 bits per heavy atom. The molecule has 0 saturated carbocycles. The summed E-state index contributed by atoms with van der Waals surface area (Å²) in [7, 11) is 0. The van der Waals surface area contributed by atoms with Gasteiger partial charge in [0.15, 0.2) is 0 Å². The Bertz CT molecular complexity index is 3120. The van der Waals surface area contributed by atoms with Crippen LogP contribution in [0.5, 0.6) is 5.75 Å². The van der Waals surface area contributed by atoms with Gasteiger partial charge in [0.05, 0.1) is 29.1 Å². The minimum absolute atomic E-state index is 0. The molecule has 5 heteroatoms. The second-order valence-electron chi connectivity index (χ2n) is 16.2. The van der Waals surface area contributed by atoms with Gasteiger partial charge >= 0.3 is 0 Å². The summed E-state index contributed by atoms with van der Waals surface area (Å²) >= 11 is 0. The molecule has 8 rings (SSSR count). The molecule has 0 fully saturated rings. The van der Waals surface area contributed by atoms with E-state index < -0.39 is 25.0 Å². The Morgan fingerprint density at radius 2 is 1.48 bits per heavy atom. The van der Waals surface area contributed by atoms with Gasteiger partial charge in [0, 0.05) is 42.6 Å². The SMILES string of the molecule is [2H]c1c([2H])c([2H])c(-c2ccnc(-c3[c-]c(-c4cccc5c4nc(-c4cc(C(C)C)cc(C(C)C)c4O)n5-c4ccc(C([2H])([2H])[2H])cc4-c4ccccc4)cc(C(C)(C)C)c3)c2)c([2H])c1[2H].[Pt]. The Morgan fingerprint density at radius 1 is 0.724 bits per heavy atom. The molecule has 0 aliphatic rings. The summed E-state index contributed by atoms with van der Waals surface area (Å²) in [4.78, 5) is 10.2. The number of imidazole rings is 1. The molecule has 2 aromatic heterocycles. The van der Waals surface area contributed by atoms with Crippen LogP contribution < -0.4 is 0 Å². The summed E-state index contributed by atoms with van der Waals surface area (Å²) in [5.74, 6) is 0.740.